The molecule has 1 saturated carbocycles. The van der Waals surface area contributed by atoms with E-state index in [9.17, 15) is 8.78 Å². The summed E-state index contributed by atoms with van der Waals surface area (Å²) in [5, 5.41) is 7.14. The Morgan fingerprint density at radius 3 is 2.33 bits per heavy atom. The summed E-state index contributed by atoms with van der Waals surface area (Å²) in [6.07, 6.45) is 4.41. The van der Waals surface area contributed by atoms with Gasteiger partial charge in [0.1, 0.15) is 5.84 Å². The monoisotopic (exact) mass is 254 g/mol. The number of ether oxygens (including phenoxy) is 1. The van der Waals surface area contributed by atoms with Crippen LogP contribution in [0.25, 0.3) is 0 Å². The molecule has 1 aromatic rings. The van der Waals surface area contributed by atoms with Gasteiger partial charge in [0, 0.05) is 5.56 Å². The van der Waals surface area contributed by atoms with Crippen molar-refractivity contribution in [3.8, 4) is 5.75 Å². The van der Waals surface area contributed by atoms with Gasteiger partial charge in [-0.1, -0.05) is 12.8 Å². The summed E-state index contributed by atoms with van der Waals surface area (Å²) in [6, 6.07) is 2.05. The van der Waals surface area contributed by atoms with Gasteiger partial charge in [0.25, 0.3) is 0 Å². The molecule has 5 heteroatoms. The Bertz CT molecular complexity index is 433. The Kier molecular flexibility index (Phi) is 3.79. The average Bonchev–Trinajstić information content (AvgIpc) is 2.80. The Hall–Kier alpha value is -1.65. The second-order valence-electron chi connectivity index (χ2n) is 4.64. The fraction of sp³-hybridized carbons (Fsp3) is 0.462. The number of nitrogen functional groups attached to an aromatic ring is 1. The van der Waals surface area contributed by atoms with Crippen molar-refractivity contribution in [1.82, 2.24) is 0 Å². The molecule has 0 bridgehead atoms. The molecule has 2 rings (SSSR count). The number of nitrogens with two attached hydrogens (primary N) is 1. The molecular weight excluding hydrogens is 238 g/mol. The molecule has 0 heterocycles. The van der Waals surface area contributed by atoms with Gasteiger partial charge in [-0.05, 0) is 30.9 Å². The molecule has 0 spiro atoms. The van der Waals surface area contributed by atoms with Crippen molar-refractivity contribution < 1.29 is 13.5 Å². The van der Waals surface area contributed by atoms with Crippen LogP contribution in [0.2, 0.25) is 0 Å². The van der Waals surface area contributed by atoms with Crippen LogP contribution in [0.4, 0.5) is 8.78 Å². The molecule has 18 heavy (non-hydrogen) atoms. The normalized spacial score (nSPS) is 15.9. The van der Waals surface area contributed by atoms with Crippen molar-refractivity contribution in [3.05, 3.63) is 29.3 Å². The van der Waals surface area contributed by atoms with E-state index in [2.05, 4.69) is 0 Å². The molecule has 0 atom stereocenters. The molecule has 1 fully saturated rings. The highest BCUT2D eigenvalue weighted by Gasteiger charge is 2.19. The lowest BCUT2D eigenvalue weighted by Gasteiger charge is -2.13. The van der Waals surface area contributed by atoms with Crippen molar-refractivity contribution in [1.29, 1.82) is 5.41 Å². The topological polar surface area (TPSA) is 59.1 Å². The predicted octanol–water partition coefficient (Wildman–Crippen LogP) is 2.82. The van der Waals surface area contributed by atoms with Crippen LogP contribution in [0.15, 0.2) is 12.1 Å². The highest BCUT2D eigenvalue weighted by molar-refractivity contribution is 5.95. The summed E-state index contributed by atoms with van der Waals surface area (Å²) < 4.78 is 32.5. The largest absolute Gasteiger partial charge is 0.487 e. The number of rotatable bonds is 4. The molecule has 1 aliphatic rings. The summed E-state index contributed by atoms with van der Waals surface area (Å²) in [7, 11) is 0. The molecule has 0 radical (unpaired) electrons. The molecule has 0 saturated heterocycles. The fourth-order valence-electron chi connectivity index (χ4n) is 2.23. The Labute approximate surface area is 104 Å². The predicted molar refractivity (Wildman–Crippen MR) is 64.8 cm³/mol. The van der Waals surface area contributed by atoms with Crippen LogP contribution in [-0.4, -0.2) is 12.4 Å². The van der Waals surface area contributed by atoms with Gasteiger partial charge < -0.3 is 10.5 Å². The number of hydrogen-bond acceptors (Lipinski definition) is 2. The molecule has 0 aromatic heterocycles. The van der Waals surface area contributed by atoms with E-state index in [0.29, 0.717) is 12.5 Å². The quantitative estimate of drug-likeness (QED) is 0.641. The zero-order valence-corrected chi connectivity index (χ0v) is 10.0. The van der Waals surface area contributed by atoms with E-state index in [0.717, 1.165) is 37.8 Å². The third kappa shape index (κ3) is 2.78. The zero-order valence-electron chi connectivity index (χ0n) is 10.0. The van der Waals surface area contributed by atoms with Crippen LogP contribution in [0.3, 0.4) is 0 Å². The number of nitrogens with one attached hydrogen (secondary N) is 1. The van der Waals surface area contributed by atoms with E-state index >= 15 is 0 Å². The average molecular weight is 254 g/mol. The molecule has 3 N–H and O–H groups in total. The van der Waals surface area contributed by atoms with Crippen LogP contribution in [-0.2, 0) is 0 Å². The van der Waals surface area contributed by atoms with Crippen molar-refractivity contribution in [2.75, 3.05) is 6.61 Å². The Balaban J connectivity index is 2.10. The van der Waals surface area contributed by atoms with Crippen LogP contribution >= 0.6 is 0 Å². The molecule has 1 aromatic carbocycles. The van der Waals surface area contributed by atoms with E-state index < -0.39 is 11.6 Å². The lowest BCUT2D eigenvalue weighted by molar-refractivity contribution is 0.231. The fourth-order valence-corrected chi connectivity index (χ4v) is 2.23. The Morgan fingerprint density at radius 1 is 1.28 bits per heavy atom. The summed E-state index contributed by atoms with van der Waals surface area (Å²) in [5.41, 5.74) is 5.21. The zero-order chi connectivity index (χ0) is 13.1. The third-order valence-electron chi connectivity index (χ3n) is 3.25. The number of benzene rings is 1. The highest BCUT2D eigenvalue weighted by atomic mass is 19.1. The van der Waals surface area contributed by atoms with Gasteiger partial charge in [-0.2, -0.15) is 0 Å². The molecule has 0 unspecified atom stereocenters. The van der Waals surface area contributed by atoms with Gasteiger partial charge >= 0.3 is 0 Å². The number of hydrogen-bond donors (Lipinski definition) is 2. The first-order valence-electron chi connectivity index (χ1n) is 6.04. The standard InChI is InChI=1S/C13H16F2N2O/c14-10-5-9(13(16)17)6-11(15)12(10)18-7-8-3-1-2-4-8/h5-6,8H,1-4,7H2,(H3,16,17). The van der Waals surface area contributed by atoms with Crippen LogP contribution in [0.5, 0.6) is 5.75 Å². The van der Waals surface area contributed by atoms with E-state index in [1.807, 2.05) is 0 Å². The van der Waals surface area contributed by atoms with Gasteiger partial charge in [-0.15, -0.1) is 0 Å². The Morgan fingerprint density at radius 2 is 1.83 bits per heavy atom. The first-order valence-corrected chi connectivity index (χ1v) is 6.04. The molecule has 98 valence electrons. The highest BCUT2D eigenvalue weighted by Crippen LogP contribution is 2.28. The van der Waals surface area contributed by atoms with Crippen molar-refractivity contribution in [2.45, 2.75) is 25.7 Å². The summed E-state index contributed by atoms with van der Waals surface area (Å²) >= 11 is 0. The minimum Gasteiger partial charge on any atom is -0.487 e. The summed E-state index contributed by atoms with van der Waals surface area (Å²) in [4.78, 5) is 0. The van der Waals surface area contributed by atoms with Gasteiger partial charge in [0.15, 0.2) is 17.4 Å². The molecule has 0 aliphatic heterocycles. The maximum atomic E-state index is 13.6. The van der Waals surface area contributed by atoms with Crippen molar-refractivity contribution in [2.24, 2.45) is 11.7 Å². The van der Waals surface area contributed by atoms with Gasteiger partial charge in [-0.25, -0.2) is 8.78 Å². The molecular formula is C13H16F2N2O. The second kappa shape index (κ2) is 5.33. The van der Waals surface area contributed by atoms with Gasteiger partial charge in [0.2, 0.25) is 0 Å². The van der Waals surface area contributed by atoms with Crippen LogP contribution in [0, 0.1) is 23.0 Å². The van der Waals surface area contributed by atoms with E-state index in [4.69, 9.17) is 15.9 Å². The SMILES string of the molecule is N=C(N)c1cc(F)c(OCC2CCCC2)c(F)c1. The van der Waals surface area contributed by atoms with E-state index in [-0.39, 0.29) is 17.1 Å². The minimum atomic E-state index is -0.807. The van der Waals surface area contributed by atoms with Gasteiger partial charge in [0.05, 0.1) is 6.61 Å². The van der Waals surface area contributed by atoms with Gasteiger partial charge in [-0.3, -0.25) is 5.41 Å². The van der Waals surface area contributed by atoms with Crippen molar-refractivity contribution >= 4 is 5.84 Å². The van der Waals surface area contributed by atoms with Crippen LogP contribution < -0.4 is 10.5 Å². The summed E-state index contributed by atoms with van der Waals surface area (Å²) in [5.74, 6) is -1.96. The lowest BCUT2D eigenvalue weighted by atomic mass is 10.1. The van der Waals surface area contributed by atoms with Crippen LogP contribution in [0.1, 0.15) is 31.2 Å². The molecule has 3 nitrogen and oxygen atoms in total. The third-order valence-corrected chi connectivity index (χ3v) is 3.25. The lowest BCUT2D eigenvalue weighted by Crippen LogP contribution is -2.14. The first-order chi connectivity index (χ1) is 8.58. The minimum absolute atomic E-state index is 0.0261. The maximum Gasteiger partial charge on any atom is 0.190 e. The number of halogens is 2. The van der Waals surface area contributed by atoms with E-state index in [1.165, 1.54) is 0 Å². The molecule has 1 aliphatic carbocycles. The number of amidine groups is 1. The smallest absolute Gasteiger partial charge is 0.190 e. The molecule has 0 amide bonds. The van der Waals surface area contributed by atoms with E-state index in [1.54, 1.807) is 0 Å². The second-order valence-corrected chi connectivity index (χ2v) is 4.64. The summed E-state index contributed by atoms with van der Waals surface area (Å²) in [6.45, 7) is 0.341. The maximum absolute atomic E-state index is 13.6. The first kappa shape index (κ1) is 12.8. The van der Waals surface area contributed by atoms with Crippen molar-refractivity contribution in [3.63, 3.8) is 0 Å².